The average Bonchev–Trinajstić information content (AvgIpc) is 2.97. The zero-order chi connectivity index (χ0) is 31.3. The maximum absolute atomic E-state index is 13.7. The van der Waals surface area contributed by atoms with Gasteiger partial charge in [-0.2, -0.15) is 0 Å². The molecule has 10 unspecified atom stereocenters. The van der Waals surface area contributed by atoms with E-state index in [-0.39, 0.29) is 22.3 Å². The minimum atomic E-state index is -1.90. The molecule has 16 heteroatoms. The van der Waals surface area contributed by atoms with E-state index in [4.69, 9.17) is 23.4 Å². The van der Waals surface area contributed by atoms with E-state index in [0.29, 0.717) is 0 Å². The minimum absolute atomic E-state index is 0.0265. The molecule has 43 heavy (non-hydrogen) atoms. The number of rotatable bonds is 6. The van der Waals surface area contributed by atoms with Gasteiger partial charge < -0.3 is 74.4 Å². The smallest absolute Gasteiger partial charge is 0.235 e. The normalized spacial score (nSPS) is 33.0. The fourth-order valence-electron chi connectivity index (χ4n) is 4.86. The lowest BCUT2D eigenvalue weighted by Gasteiger charge is -2.45. The summed E-state index contributed by atoms with van der Waals surface area (Å²) in [6.45, 7) is 0.550. The van der Waals surface area contributed by atoms with Crippen molar-refractivity contribution in [3.05, 3.63) is 40.6 Å². The van der Waals surface area contributed by atoms with E-state index in [1.165, 1.54) is 13.0 Å². The first kappa shape index (κ1) is 30.7. The van der Waals surface area contributed by atoms with Crippen LogP contribution >= 0.6 is 0 Å². The Morgan fingerprint density at radius 2 is 1.44 bits per heavy atom. The van der Waals surface area contributed by atoms with E-state index in [1.807, 2.05) is 0 Å². The van der Waals surface area contributed by atoms with Crippen molar-refractivity contribution in [2.75, 3.05) is 6.61 Å². The van der Waals surface area contributed by atoms with Gasteiger partial charge >= 0.3 is 0 Å². The van der Waals surface area contributed by atoms with Crippen LogP contribution in [-0.4, -0.2) is 119 Å². The van der Waals surface area contributed by atoms with Gasteiger partial charge in [0.25, 0.3) is 0 Å². The largest absolute Gasteiger partial charge is 0.504 e. The topological polar surface area (TPSA) is 269 Å². The lowest BCUT2D eigenvalue weighted by molar-refractivity contribution is -0.354. The van der Waals surface area contributed by atoms with E-state index in [1.54, 1.807) is 0 Å². The molecular formula is C27H30O16. The average molecular weight is 611 g/mol. The van der Waals surface area contributed by atoms with Gasteiger partial charge in [0.15, 0.2) is 41.2 Å². The quantitative estimate of drug-likeness (QED) is 0.140. The van der Waals surface area contributed by atoms with Crippen LogP contribution in [-0.2, 0) is 14.2 Å². The molecule has 5 rings (SSSR count). The molecule has 2 fully saturated rings. The first-order chi connectivity index (χ1) is 20.3. The molecule has 0 bridgehead atoms. The summed E-state index contributed by atoms with van der Waals surface area (Å²) in [7, 11) is 0. The van der Waals surface area contributed by atoms with Crippen LogP contribution in [0.2, 0.25) is 0 Å². The number of fused-ring (bicyclic) bond motifs is 1. The van der Waals surface area contributed by atoms with Gasteiger partial charge in [-0.25, -0.2) is 0 Å². The van der Waals surface area contributed by atoms with Crippen molar-refractivity contribution in [1.29, 1.82) is 0 Å². The number of benzene rings is 2. The predicted molar refractivity (Wildman–Crippen MR) is 140 cm³/mol. The number of hydrogen-bond donors (Lipinski definition) is 10. The molecule has 0 radical (unpaired) electrons. The Morgan fingerprint density at radius 1 is 0.767 bits per heavy atom. The maximum Gasteiger partial charge on any atom is 0.235 e. The molecule has 3 heterocycles. The second kappa shape index (κ2) is 11.8. The Hall–Kier alpha value is -3.71. The van der Waals surface area contributed by atoms with Crippen molar-refractivity contribution < 1.29 is 74.4 Å². The predicted octanol–water partition coefficient (Wildman–Crippen LogP) is -1.69. The highest BCUT2D eigenvalue weighted by Crippen LogP contribution is 2.39. The van der Waals surface area contributed by atoms with Crippen molar-refractivity contribution in [1.82, 2.24) is 0 Å². The Morgan fingerprint density at radius 3 is 2.12 bits per heavy atom. The van der Waals surface area contributed by atoms with Crippen LogP contribution in [0.25, 0.3) is 22.3 Å². The number of ether oxygens (including phenoxy) is 4. The van der Waals surface area contributed by atoms with Crippen LogP contribution in [0.4, 0.5) is 0 Å². The third-order valence-corrected chi connectivity index (χ3v) is 7.34. The van der Waals surface area contributed by atoms with Gasteiger partial charge in [0.05, 0.1) is 18.1 Å². The summed E-state index contributed by atoms with van der Waals surface area (Å²) in [6.07, 6.45) is -16.6. The van der Waals surface area contributed by atoms with Gasteiger partial charge in [-0.05, 0) is 31.2 Å². The monoisotopic (exact) mass is 610 g/mol. The molecule has 10 atom stereocenters. The summed E-state index contributed by atoms with van der Waals surface area (Å²) < 4.78 is 28.4. The summed E-state index contributed by atoms with van der Waals surface area (Å²) in [6, 6.07) is 5.20. The van der Waals surface area contributed by atoms with Crippen LogP contribution < -0.4 is 10.2 Å². The highest BCUT2D eigenvalue weighted by atomic mass is 16.8. The first-order valence-electron chi connectivity index (χ1n) is 13.0. The third-order valence-electron chi connectivity index (χ3n) is 7.34. The standard InChI is InChI=1S/C27H30O16/c1-8-17(33)20(36)22(38)26(39-8)43-25-21(37)19(35)16(7-28)41-27(25)42-24-18(34)10-5-13(31)14(32)6-15(10)40-23(24)9-2-3-11(29)12(30)4-9/h2-6,8,16-17,19-22,25-33,35-38H,7H2,1H3. The molecule has 2 aliphatic rings. The number of aromatic hydroxyl groups is 4. The molecule has 0 aliphatic carbocycles. The molecule has 10 N–H and O–H groups in total. The van der Waals surface area contributed by atoms with Crippen LogP contribution in [0.3, 0.4) is 0 Å². The van der Waals surface area contributed by atoms with Gasteiger partial charge in [-0.1, -0.05) is 0 Å². The van der Waals surface area contributed by atoms with Gasteiger partial charge in [0.1, 0.15) is 42.2 Å². The van der Waals surface area contributed by atoms with Gasteiger partial charge in [-0.15, -0.1) is 0 Å². The SMILES string of the molecule is CC1OC(OC2C(Oc3c(-c4ccc(O)c(O)c4)oc4cc(O)c(O)cc4c3=O)OC(CO)C(O)C2O)C(O)C(O)C1O. The second-order valence-corrected chi connectivity index (χ2v) is 10.2. The zero-order valence-corrected chi connectivity index (χ0v) is 22.3. The third kappa shape index (κ3) is 5.55. The molecule has 3 aromatic rings. The molecule has 2 aromatic carbocycles. The highest BCUT2D eigenvalue weighted by molar-refractivity contribution is 5.85. The molecule has 16 nitrogen and oxygen atoms in total. The molecule has 2 aliphatic heterocycles. The number of phenols is 4. The molecule has 234 valence electrons. The van der Waals surface area contributed by atoms with Crippen molar-refractivity contribution in [3.63, 3.8) is 0 Å². The van der Waals surface area contributed by atoms with E-state index < -0.39 is 102 Å². The van der Waals surface area contributed by atoms with E-state index in [9.17, 15) is 55.9 Å². The van der Waals surface area contributed by atoms with Gasteiger partial charge in [-0.3, -0.25) is 4.79 Å². The summed E-state index contributed by atoms with van der Waals surface area (Å²) in [4.78, 5) is 13.7. The summed E-state index contributed by atoms with van der Waals surface area (Å²) >= 11 is 0. The van der Waals surface area contributed by atoms with E-state index in [2.05, 4.69) is 0 Å². The van der Waals surface area contributed by atoms with Crippen molar-refractivity contribution in [2.45, 2.75) is 68.3 Å². The molecule has 0 saturated carbocycles. The minimum Gasteiger partial charge on any atom is -0.504 e. The first-order valence-corrected chi connectivity index (χ1v) is 13.0. The van der Waals surface area contributed by atoms with Crippen molar-refractivity contribution >= 4 is 11.0 Å². The molecule has 2 saturated heterocycles. The summed E-state index contributed by atoms with van der Waals surface area (Å²) in [5.41, 5.74) is -1.21. The molecule has 0 amide bonds. The number of aliphatic hydroxyl groups excluding tert-OH is 6. The second-order valence-electron chi connectivity index (χ2n) is 10.2. The highest BCUT2D eigenvalue weighted by Gasteiger charge is 2.51. The summed E-state index contributed by atoms with van der Waals surface area (Å²) in [5, 5.41) is 101. The Kier molecular flexibility index (Phi) is 8.41. The number of aliphatic hydroxyl groups is 6. The fourth-order valence-corrected chi connectivity index (χ4v) is 4.86. The van der Waals surface area contributed by atoms with Crippen LogP contribution in [0, 0.1) is 0 Å². The fraction of sp³-hybridized carbons (Fsp3) is 0.444. The maximum atomic E-state index is 13.7. The van der Waals surface area contributed by atoms with Gasteiger partial charge in [0.2, 0.25) is 17.5 Å². The van der Waals surface area contributed by atoms with Crippen LogP contribution in [0.1, 0.15) is 6.92 Å². The lowest BCUT2D eigenvalue weighted by atomic mass is 9.97. The van der Waals surface area contributed by atoms with Crippen LogP contribution in [0.15, 0.2) is 39.5 Å². The van der Waals surface area contributed by atoms with Crippen molar-refractivity contribution in [2.24, 2.45) is 0 Å². The Labute approximate surface area is 241 Å². The molecule has 1 aromatic heterocycles. The Bertz CT molecular complexity index is 1540. The zero-order valence-electron chi connectivity index (χ0n) is 22.3. The number of phenolic OH excluding ortho intramolecular Hbond substituents is 4. The van der Waals surface area contributed by atoms with Gasteiger partial charge in [0, 0.05) is 11.6 Å². The molecule has 0 spiro atoms. The van der Waals surface area contributed by atoms with E-state index in [0.717, 1.165) is 24.3 Å². The van der Waals surface area contributed by atoms with Crippen molar-refractivity contribution in [3.8, 4) is 40.1 Å². The number of hydrogen-bond acceptors (Lipinski definition) is 16. The van der Waals surface area contributed by atoms with E-state index >= 15 is 0 Å². The Balaban J connectivity index is 1.61. The lowest BCUT2D eigenvalue weighted by Crippen LogP contribution is -2.64. The molecular weight excluding hydrogens is 580 g/mol. The summed E-state index contributed by atoms with van der Waals surface area (Å²) in [5.74, 6) is -3.45. The van der Waals surface area contributed by atoms with Crippen LogP contribution in [0.5, 0.6) is 28.7 Å².